The summed E-state index contributed by atoms with van der Waals surface area (Å²) >= 11 is 0. The van der Waals surface area contributed by atoms with Crippen LogP contribution in [-0.4, -0.2) is 13.3 Å². The fourth-order valence-corrected chi connectivity index (χ4v) is 1.49. The van der Waals surface area contributed by atoms with Gasteiger partial charge in [0.2, 0.25) is 0 Å². The highest BCUT2D eigenvalue weighted by Crippen LogP contribution is 2.19. The summed E-state index contributed by atoms with van der Waals surface area (Å²) in [6.07, 6.45) is 0.866. The van der Waals surface area contributed by atoms with Gasteiger partial charge in [-0.1, -0.05) is 32.0 Å². The number of hydrogen-bond donors (Lipinski definition) is 1. The van der Waals surface area contributed by atoms with Crippen molar-refractivity contribution in [3.63, 3.8) is 0 Å². The van der Waals surface area contributed by atoms with Crippen molar-refractivity contribution in [3.05, 3.63) is 42.0 Å². The van der Waals surface area contributed by atoms with Gasteiger partial charge in [0.25, 0.3) is 0 Å². The fraction of sp³-hybridized carbons (Fsp3) is 0.214. The lowest BCUT2D eigenvalue weighted by Crippen LogP contribution is -1.87. The minimum atomic E-state index is 0. The molecule has 1 N–H and O–H groups in total. The number of carbonyl (C=O) groups is 1. The molecular weight excluding hydrogens is 198 g/mol. The van der Waals surface area contributed by atoms with Crippen LogP contribution >= 0.6 is 0 Å². The van der Waals surface area contributed by atoms with E-state index in [-0.39, 0.29) is 1.43 Å². The van der Waals surface area contributed by atoms with Gasteiger partial charge in [-0.25, -0.2) is 0 Å². The van der Waals surface area contributed by atoms with Crippen LogP contribution in [0.3, 0.4) is 0 Å². The summed E-state index contributed by atoms with van der Waals surface area (Å²) in [6.45, 7) is 4.00. The smallest absolute Gasteiger partial charge is 0.150 e. The molecule has 86 valence electrons. The van der Waals surface area contributed by atoms with E-state index in [0.717, 1.165) is 28.3 Å². The summed E-state index contributed by atoms with van der Waals surface area (Å²) < 4.78 is 0. The van der Waals surface area contributed by atoms with Gasteiger partial charge in [0, 0.05) is 19.7 Å². The van der Waals surface area contributed by atoms with Crippen LogP contribution < -0.4 is 5.32 Å². The molecule has 2 aromatic rings. The van der Waals surface area contributed by atoms with E-state index in [4.69, 9.17) is 0 Å². The number of aldehydes is 1. The van der Waals surface area contributed by atoms with Gasteiger partial charge >= 0.3 is 0 Å². The Hall–Kier alpha value is -1.83. The zero-order valence-corrected chi connectivity index (χ0v) is 9.95. The molecule has 0 atom stereocenters. The average molecular weight is 217 g/mol. The molecule has 2 heteroatoms. The molecular formula is C14H19NO. The summed E-state index contributed by atoms with van der Waals surface area (Å²) in [5, 5.41) is 5.31. The zero-order valence-electron chi connectivity index (χ0n) is 9.95. The van der Waals surface area contributed by atoms with E-state index in [9.17, 15) is 4.79 Å². The first-order valence-electron chi connectivity index (χ1n) is 5.50. The highest BCUT2D eigenvalue weighted by atomic mass is 16.1. The molecule has 0 bridgehead atoms. The van der Waals surface area contributed by atoms with Crippen molar-refractivity contribution in [1.82, 2.24) is 0 Å². The molecule has 16 heavy (non-hydrogen) atoms. The predicted molar refractivity (Wildman–Crippen MR) is 72.3 cm³/mol. The molecule has 0 heterocycles. The Balaban J connectivity index is 0.000000811. The zero-order chi connectivity index (χ0) is 12.0. The first-order valence-corrected chi connectivity index (χ1v) is 5.50. The number of rotatable bonds is 2. The first-order chi connectivity index (χ1) is 7.83. The van der Waals surface area contributed by atoms with Crippen LogP contribution in [-0.2, 0) is 0 Å². The number of hydrogen-bond acceptors (Lipinski definition) is 2. The van der Waals surface area contributed by atoms with Gasteiger partial charge in [0.05, 0.1) is 0 Å². The van der Waals surface area contributed by atoms with Crippen molar-refractivity contribution in [3.8, 4) is 0 Å². The van der Waals surface area contributed by atoms with Crippen molar-refractivity contribution in [2.24, 2.45) is 0 Å². The Morgan fingerprint density at radius 3 is 2.31 bits per heavy atom. The standard InChI is InChI=1S/C12H11NO.C2H6.H2/c1-13-12-5-4-10-6-9(8-14)2-3-11(10)7-12;1-2;/h2-8,13H,1H3;1-2H3;1H. The average Bonchev–Trinajstić information content (AvgIpc) is 2.39. The maximum absolute atomic E-state index is 10.6. The van der Waals surface area contributed by atoms with Crippen LogP contribution in [0.5, 0.6) is 0 Å². The van der Waals surface area contributed by atoms with Gasteiger partial charge in [0.1, 0.15) is 6.29 Å². The highest BCUT2D eigenvalue weighted by Gasteiger charge is 1.96. The summed E-state index contributed by atoms with van der Waals surface area (Å²) in [7, 11) is 1.89. The second kappa shape index (κ2) is 5.91. The normalized spacial score (nSPS) is 9.19. The van der Waals surface area contributed by atoms with Crippen LogP contribution in [0, 0.1) is 0 Å². The van der Waals surface area contributed by atoms with E-state index in [1.807, 2.05) is 51.2 Å². The monoisotopic (exact) mass is 217 g/mol. The lowest BCUT2D eigenvalue weighted by atomic mass is 10.1. The molecule has 2 aromatic carbocycles. The van der Waals surface area contributed by atoms with Crippen LogP contribution in [0.25, 0.3) is 10.8 Å². The molecule has 2 rings (SSSR count). The molecule has 0 aliphatic heterocycles. The van der Waals surface area contributed by atoms with Gasteiger partial charge in [-0.05, 0) is 29.0 Å². The van der Waals surface area contributed by atoms with Gasteiger partial charge in [-0.2, -0.15) is 0 Å². The molecule has 2 nitrogen and oxygen atoms in total. The Bertz CT molecular complexity index is 483. The van der Waals surface area contributed by atoms with E-state index in [1.165, 1.54) is 0 Å². The predicted octanol–water partition coefficient (Wildman–Crippen LogP) is 3.97. The first kappa shape index (κ1) is 12.2. The molecule has 0 spiro atoms. The third-order valence-corrected chi connectivity index (χ3v) is 2.29. The summed E-state index contributed by atoms with van der Waals surface area (Å²) in [5.74, 6) is 0. The van der Waals surface area contributed by atoms with Crippen LogP contribution in [0.2, 0.25) is 0 Å². The van der Waals surface area contributed by atoms with E-state index in [0.29, 0.717) is 0 Å². The molecule has 0 fully saturated rings. The quantitative estimate of drug-likeness (QED) is 0.771. The van der Waals surface area contributed by atoms with Crippen molar-refractivity contribution in [1.29, 1.82) is 0 Å². The number of nitrogens with one attached hydrogen (secondary N) is 1. The number of carbonyl (C=O) groups excluding carboxylic acids is 1. The molecule has 0 aromatic heterocycles. The minimum Gasteiger partial charge on any atom is -0.388 e. The largest absolute Gasteiger partial charge is 0.388 e. The lowest BCUT2D eigenvalue weighted by molar-refractivity contribution is 0.112. The molecule has 0 aliphatic rings. The van der Waals surface area contributed by atoms with Crippen LogP contribution in [0.1, 0.15) is 25.6 Å². The molecule has 0 aliphatic carbocycles. The lowest BCUT2D eigenvalue weighted by Gasteiger charge is -2.02. The Labute approximate surface area is 97.8 Å². The molecule has 0 radical (unpaired) electrons. The van der Waals surface area contributed by atoms with E-state index in [2.05, 4.69) is 11.4 Å². The third-order valence-electron chi connectivity index (χ3n) is 2.29. The van der Waals surface area contributed by atoms with Crippen molar-refractivity contribution < 1.29 is 6.22 Å². The van der Waals surface area contributed by atoms with Gasteiger partial charge in [-0.15, -0.1) is 0 Å². The van der Waals surface area contributed by atoms with Crippen LogP contribution in [0.15, 0.2) is 36.4 Å². The van der Waals surface area contributed by atoms with Gasteiger partial charge in [-0.3, -0.25) is 4.79 Å². The number of anilines is 1. The van der Waals surface area contributed by atoms with E-state index in [1.54, 1.807) is 0 Å². The van der Waals surface area contributed by atoms with E-state index < -0.39 is 0 Å². The molecule has 0 unspecified atom stereocenters. The maximum Gasteiger partial charge on any atom is 0.150 e. The number of benzene rings is 2. The summed E-state index contributed by atoms with van der Waals surface area (Å²) in [6, 6.07) is 11.7. The Morgan fingerprint density at radius 2 is 1.69 bits per heavy atom. The van der Waals surface area contributed by atoms with Crippen molar-refractivity contribution >= 4 is 22.7 Å². The maximum atomic E-state index is 10.6. The van der Waals surface area contributed by atoms with Crippen molar-refractivity contribution in [2.45, 2.75) is 13.8 Å². The SMILES string of the molecule is CC.CNc1ccc2cc(C=O)ccc2c1.[HH]. The number of fused-ring (bicyclic) bond motifs is 1. The Morgan fingerprint density at radius 1 is 1.06 bits per heavy atom. The highest BCUT2D eigenvalue weighted by molar-refractivity contribution is 5.90. The minimum absolute atomic E-state index is 0. The van der Waals surface area contributed by atoms with Gasteiger partial charge < -0.3 is 5.32 Å². The second-order valence-corrected chi connectivity index (χ2v) is 3.19. The topological polar surface area (TPSA) is 29.1 Å². The van der Waals surface area contributed by atoms with E-state index >= 15 is 0 Å². The second-order valence-electron chi connectivity index (χ2n) is 3.19. The summed E-state index contributed by atoms with van der Waals surface area (Å²) in [4.78, 5) is 10.6. The molecule has 0 saturated heterocycles. The third kappa shape index (κ3) is 2.60. The van der Waals surface area contributed by atoms with Gasteiger partial charge in [0.15, 0.2) is 0 Å². The fourth-order valence-electron chi connectivity index (χ4n) is 1.49. The summed E-state index contributed by atoms with van der Waals surface area (Å²) in [5.41, 5.74) is 1.80. The van der Waals surface area contributed by atoms with Crippen LogP contribution in [0.4, 0.5) is 5.69 Å². The molecule has 0 amide bonds. The Kier molecular flexibility index (Phi) is 4.52. The van der Waals surface area contributed by atoms with Crippen molar-refractivity contribution in [2.75, 3.05) is 12.4 Å². The molecule has 0 saturated carbocycles.